The molecule has 1 spiro atoms. The molecular weight excluding hydrogens is 210 g/mol. The highest BCUT2D eigenvalue weighted by Crippen LogP contribution is 2.43. The molecule has 0 aromatic rings. The molecule has 2 fully saturated rings. The van der Waals surface area contributed by atoms with Gasteiger partial charge in [0.05, 0.1) is 12.1 Å². The van der Waals surface area contributed by atoms with Gasteiger partial charge < -0.3 is 10.6 Å². The predicted octanol–water partition coefficient (Wildman–Crippen LogP) is 2.51. The summed E-state index contributed by atoms with van der Waals surface area (Å²) in [6.07, 6.45) is 10.7. The Hall–Kier alpha value is -0.730. The highest BCUT2D eigenvalue weighted by atomic mass is 15.4. The number of rotatable bonds is 1. The summed E-state index contributed by atoms with van der Waals surface area (Å²) in [4.78, 5) is 7.13. The molecule has 96 valence electrons. The Morgan fingerprint density at radius 2 is 2.00 bits per heavy atom. The van der Waals surface area contributed by atoms with Gasteiger partial charge in [0.15, 0.2) is 5.96 Å². The standard InChI is InChI=1S/C14H25N3/c1-11-5-4-8-14(9-11)10-16-13(15)17(14)12-6-2-3-7-12/h11-12H,2-10H2,1H3,(H2,15,16). The van der Waals surface area contributed by atoms with Crippen molar-refractivity contribution in [2.45, 2.75) is 69.9 Å². The van der Waals surface area contributed by atoms with Crippen LogP contribution in [-0.4, -0.2) is 29.0 Å². The van der Waals surface area contributed by atoms with Crippen molar-refractivity contribution in [3.8, 4) is 0 Å². The second kappa shape index (κ2) is 4.18. The van der Waals surface area contributed by atoms with Crippen molar-refractivity contribution in [3.05, 3.63) is 0 Å². The largest absolute Gasteiger partial charge is 0.370 e. The molecule has 2 N–H and O–H groups in total. The topological polar surface area (TPSA) is 41.6 Å². The van der Waals surface area contributed by atoms with E-state index < -0.39 is 0 Å². The maximum Gasteiger partial charge on any atom is 0.192 e. The summed E-state index contributed by atoms with van der Waals surface area (Å²) in [7, 11) is 0. The number of guanidine groups is 1. The van der Waals surface area contributed by atoms with Crippen molar-refractivity contribution in [1.29, 1.82) is 0 Å². The van der Waals surface area contributed by atoms with Crippen LogP contribution in [0.15, 0.2) is 4.99 Å². The van der Waals surface area contributed by atoms with Crippen molar-refractivity contribution in [3.63, 3.8) is 0 Å². The zero-order valence-electron chi connectivity index (χ0n) is 11.0. The fourth-order valence-corrected chi connectivity index (χ4v) is 4.36. The van der Waals surface area contributed by atoms with E-state index in [1.807, 2.05) is 0 Å². The second-order valence-corrected chi connectivity index (χ2v) is 6.41. The third kappa shape index (κ3) is 1.84. The molecule has 3 nitrogen and oxygen atoms in total. The van der Waals surface area contributed by atoms with Gasteiger partial charge in [-0.1, -0.05) is 32.6 Å². The molecular formula is C14H25N3. The van der Waals surface area contributed by atoms with Crippen molar-refractivity contribution in [1.82, 2.24) is 4.90 Å². The summed E-state index contributed by atoms with van der Waals surface area (Å²) in [6.45, 7) is 3.35. The lowest BCUT2D eigenvalue weighted by Crippen LogP contribution is -2.57. The first kappa shape index (κ1) is 11.4. The van der Waals surface area contributed by atoms with Gasteiger partial charge in [-0.3, -0.25) is 4.99 Å². The van der Waals surface area contributed by atoms with Crippen LogP contribution >= 0.6 is 0 Å². The highest BCUT2D eigenvalue weighted by Gasteiger charge is 2.47. The molecule has 0 saturated heterocycles. The van der Waals surface area contributed by atoms with Gasteiger partial charge in [-0.05, 0) is 31.6 Å². The molecule has 2 saturated carbocycles. The Morgan fingerprint density at radius 1 is 1.24 bits per heavy atom. The molecule has 0 radical (unpaired) electrons. The van der Waals surface area contributed by atoms with E-state index in [4.69, 9.17) is 5.73 Å². The number of aliphatic imine (C=N–C) groups is 1. The summed E-state index contributed by atoms with van der Waals surface area (Å²) >= 11 is 0. The van der Waals surface area contributed by atoms with E-state index >= 15 is 0 Å². The van der Waals surface area contributed by atoms with Crippen molar-refractivity contribution >= 4 is 5.96 Å². The fourth-order valence-electron chi connectivity index (χ4n) is 4.36. The molecule has 0 amide bonds. The molecule has 2 atom stereocenters. The Labute approximate surface area is 104 Å². The predicted molar refractivity (Wildman–Crippen MR) is 70.9 cm³/mol. The van der Waals surface area contributed by atoms with Gasteiger partial charge in [0.25, 0.3) is 0 Å². The van der Waals surface area contributed by atoms with Gasteiger partial charge in [-0.2, -0.15) is 0 Å². The molecule has 0 aromatic carbocycles. The van der Waals surface area contributed by atoms with E-state index in [1.165, 1.54) is 51.4 Å². The van der Waals surface area contributed by atoms with Crippen LogP contribution in [0.1, 0.15) is 58.3 Å². The smallest absolute Gasteiger partial charge is 0.192 e. The van der Waals surface area contributed by atoms with E-state index in [0.29, 0.717) is 11.6 Å². The van der Waals surface area contributed by atoms with E-state index in [2.05, 4.69) is 16.8 Å². The van der Waals surface area contributed by atoms with Crippen LogP contribution in [0.2, 0.25) is 0 Å². The van der Waals surface area contributed by atoms with Crippen molar-refractivity contribution < 1.29 is 0 Å². The van der Waals surface area contributed by atoms with E-state index in [-0.39, 0.29) is 0 Å². The quantitative estimate of drug-likeness (QED) is 0.758. The third-order valence-corrected chi connectivity index (χ3v) is 5.05. The fraction of sp³-hybridized carbons (Fsp3) is 0.929. The zero-order chi connectivity index (χ0) is 11.9. The molecule has 17 heavy (non-hydrogen) atoms. The maximum atomic E-state index is 6.19. The Balaban J connectivity index is 1.83. The molecule has 2 unspecified atom stereocenters. The van der Waals surface area contributed by atoms with Gasteiger partial charge in [0.1, 0.15) is 0 Å². The number of hydrogen-bond donors (Lipinski definition) is 1. The third-order valence-electron chi connectivity index (χ3n) is 5.05. The summed E-state index contributed by atoms with van der Waals surface area (Å²) in [5.74, 6) is 1.68. The minimum absolute atomic E-state index is 0.302. The van der Waals surface area contributed by atoms with Gasteiger partial charge in [-0.25, -0.2) is 0 Å². The lowest BCUT2D eigenvalue weighted by molar-refractivity contribution is 0.0822. The normalized spacial score (nSPS) is 39.0. The monoisotopic (exact) mass is 235 g/mol. The first-order valence-electron chi connectivity index (χ1n) is 7.30. The average molecular weight is 235 g/mol. The minimum Gasteiger partial charge on any atom is -0.370 e. The molecule has 3 heteroatoms. The van der Waals surface area contributed by atoms with Gasteiger partial charge >= 0.3 is 0 Å². The Kier molecular flexibility index (Phi) is 2.80. The molecule has 2 aliphatic carbocycles. The van der Waals surface area contributed by atoms with Crippen LogP contribution < -0.4 is 5.73 Å². The second-order valence-electron chi connectivity index (χ2n) is 6.41. The van der Waals surface area contributed by atoms with Crippen LogP contribution in [0.5, 0.6) is 0 Å². The first-order valence-corrected chi connectivity index (χ1v) is 7.30. The Morgan fingerprint density at radius 3 is 2.71 bits per heavy atom. The van der Waals surface area contributed by atoms with Crippen LogP contribution in [-0.2, 0) is 0 Å². The Bertz CT molecular complexity index is 319. The van der Waals surface area contributed by atoms with Crippen LogP contribution in [0, 0.1) is 5.92 Å². The van der Waals surface area contributed by atoms with Gasteiger partial charge in [0, 0.05) is 6.04 Å². The minimum atomic E-state index is 0.302. The summed E-state index contributed by atoms with van der Waals surface area (Å²) in [6, 6.07) is 0.687. The zero-order valence-corrected chi connectivity index (χ0v) is 11.0. The molecule has 0 bridgehead atoms. The summed E-state index contributed by atoms with van der Waals surface area (Å²) in [5, 5.41) is 0. The SMILES string of the molecule is CC1CCCC2(CN=C(N)N2C2CCCC2)C1. The molecule has 1 heterocycles. The molecule has 3 rings (SSSR count). The average Bonchev–Trinajstić information content (AvgIpc) is 2.88. The number of nitrogens with two attached hydrogens (primary N) is 1. The lowest BCUT2D eigenvalue weighted by atomic mass is 9.75. The summed E-state index contributed by atoms with van der Waals surface area (Å²) in [5.41, 5.74) is 6.49. The van der Waals surface area contributed by atoms with Crippen LogP contribution in [0.4, 0.5) is 0 Å². The first-order chi connectivity index (χ1) is 8.21. The number of nitrogens with zero attached hydrogens (tertiary/aromatic N) is 2. The van der Waals surface area contributed by atoms with Gasteiger partial charge in [-0.15, -0.1) is 0 Å². The van der Waals surface area contributed by atoms with E-state index in [1.54, 1.807) is 0 Å². The highest BCUT2D eigenvalue weighted by molar-refractivity contribution is 5.81. The van der Waals surface area contributed by atoms with Crippen LogP contribution in [0.25, 0.3) is 0 Å². The van der Waals surface area contributed by atoms with Crippen molar-refractivity contribution in [2.75, 3.05) is 6.54 Å². The summed E-state index contributed by atoms with van der Waals surface area (Å²) < 4.78 is 0. The number of hydrogen-bond acceptors (Lipinski definition) is 3. The molecule has 0 aromatic heterocycles. The van der Waals surface area contributed by atoms with Gasteiger partial charge in [0.2, 0.25) is 0 Å². The van der Waals surface area contributed by atoms with E-state index in [9.17, 15) is 0 Å². The molecule has 1 aliphatic heterocycles. The van der Waals surface area contributed by atoms with Crippen LogP contribution in [0.3, 0.4) is 0 Å². The molecule has 3 aliphatic rings. The maximum absolute atomic E-state index is 6.19. The lowest BCUT2D eigenvalue weighted by Gasteiger charge is -2.47. The van der Waals surface area contributed by atoms with E-state index in [0.717, 1.165) is 18.4 Å². The van der Waals surface area contributed by atoms with Crippen molar-refractivity contribution in [2.24, 2.45) is 16.6 Å².